The molecule has 1 aromatic carbocycles. The van der Waals surface area contributed by atoms with Crippen molar-refractivity contribution < 1.29 is 14.3 Å². The van der Waals surface area contributed by atoms with E-state index >= 15 is 0 Å². The monoisotopic (exact) mass is 471 g/mol. The molecule has 0 saturated heterocycles. The Morgan fingerprint density at radius 3 is 2.75 bits per heavy atom. The maximum Gasteiger partial charge on any atom is 0.263 e. The summed E-state index contributed by atoms with van der Waals surface area (Å²) in [6, 6.07) is 5.48. The molecule has 7 nitrogen and oxygen atoms in total. The number of carbonyl (C=O) groups is 1. The Bertz CT molecular complexity index is 1270. The minimum absolute atomic E-state index is 0.0427. The number of hydrogen-bond donors (Lipinski definition) is 1. The van der Waals surface area contributed by atoms with Gasteiger partial charge in [-0.05, 0) is 51.3 Å². The number of aromatic nitrogens is 2. The molecule has 2 aromatic heterocycles. The van der Waals surface area contributed by atoms with E-state index in [-0.39, 0.29) is 17.2 Å². The molecule has 2 aliphatic rings. The van der Waals surface area contributed by atoms with Crippen LogP contribution in [0.1, 0.15) is 43.0 Å². The van der Waals surface area contributed by atoms with E-state index in [2.05, 4.69) is 10.3 Å². The number of nitrogens with zero attached hydrogens (tertiary/aromatic N) is 2. The lowest BCUT2D eigenvalue weighted by atomic mass is 10.2. The van der Waals surface area contributed by atoms with E-state index in [4.69, 9.17) is 9.47 Å². The molecule has 5 rings (SSSR count). The Morgan fingerprint density at radius 1 is 1.25 bits per heavy atom. The maximum absolute atomic E-state index is 13.0. The number of anilines is 1. The van der Waals surface area contributed by atoms with Gasteiger partial charge < -0.3 is 14.8 Å². The van der Waals surface area contributed by atoms with Crippen LogP contribution in [0, 0.1) is 13.8 Å². The van der Waals surface area contributed by atoms with Gasteiger partial charge in [-0.15, -0.1) is 11.3 Å². The zero-order valence-corrected chi connectivity index (χ0v) is 20.0. The number of aryl methyl sites for hydroxylation is 2. The molecule has 1 aliphatic carbocycles. The molecular weight excluding hydrogens is 446 g/mol. The molecule has 3 heterocycles. The van der Waals surface area contributed by atoms with E-state index in [1.54, 1.807) is 4.57 Å². The average molecular weight is 472 g/mol. The molecule has 1 fully saturated rings. The zero-order chi connectivity index (χ0) is 22.5. The molecule has 1 saturated carbocycles. The van der Waals surface area contributed by atoms with Crippen LogP contribution >= 0.6 is 23.1 Å². The van der Waals surface area contributed by atoms with E-state index in [0.29, 0.717) is 28.5 Å². The van der Waals surface area contributed by atoms with Gasteiger partial charge in [0.2, 0.25) is 5.91 Å². The van der Waals surface area contributed by atoms with Crippen molar-refractivity contribution in [3.05, 3.63) is 39.0 Å². The number of rotatable bonds is 5. The summed E-state index contributed by atoms with van der Waals surface area (Å²) in [7, 11) is 0. The molecule has 1 amide bonds. The topological polar surface area (TPSA) is 82.5 Å². The predicted molar refractivity (Wildman–Crippen MR) is 127 cm³/mol. The van der Waals surface area contributed by atoms with E-state index in [9.17, 15) is 9.59 Å². The van der Waals surface area contributed by atoms with Crippen molar-refractivity contribution in [2.75, 3.05) is 11.1 Å². The Balaban J connectivity index is 1.29. The minimum atomic E-state index is -0.520. The summed E-state index contributed by atoms with van der Waals surface area (Å²) < 4.78 is 13.7. The first-order chi connectivity index (χ1) is 15.4. The van der Waals surface area contributed by atoms with Crippen molar-refractivity contribution in [1.82, 2.24) is 9.55 Å². The second-order valence-corrected chi connectivity index (χ2v) is 10.4. The van der Waals surface area contributed by atoms with Crippen molar-refractivity contribution in [3.63, 3.8) is 0 Å². The van der Waals surface area contributed by atoms with E-state index in [1.165, 1.54) is 23.1 Å². The summed E-state index contributed by atoms with van der Waals surface area (Å²) in [6.45, 7) is 6.37. The third-order valence-electron chi connectivity index (χ3n) is 6.09. The van der Waals surface area contributed by atoms with Crippen LogP contribution in [0.3, 0.4) is 0 Å². The molecule has 1 aliphatic heterocycles. The second-order valence-electron chi connectivity index (χ2n) is 8.23. The number of thioether (sulfide) groups is 1. The van der Waals surface area contributed by atoms with Crippen LogP contribution in [-0.4, -0.2) is 27.0 Å². The van der Waals surface area contributed by atoms with Crippen molar-refractivity contribution in [1.29, 1.82) is 0 Å². The first-order valence-corrected chi connectivity index (χ1v) is 12.6. The van der Waals surface area contributed by atoms with Gasteiger partial charge in [-0.2, -0.15) is 0 Å². The highest BCUT2D eigenvalue weighted by molar-refractivity contribution is 7.99. The lowest BCUT2D eigenvalue weighted by Gasteiger charge is -2.21. The quantitative estimate of drug-likeness (QED) is 0.422. The van der Waals surface area contributed by atoms with Gasteiger partial charge in [0.1, 0.15) is 4.83 Å². The molecule has 0 unspecified atom stereocenters. The average Bonchev–Trinajstić information content (AvgIpc) is 3.44. The highest BCUT2D eigenvalue weighted by Gasteiger charge is 2.44. The predicted octanol–water partition coefficient (Wildman–Crippen LogP) is 4.87. The Kier molecular flexibility index (Phi) is 5.41. The van der Waals surface area contributed by atoms with Gasteiger partial charge in [0.15, 0.2) is 16.7 Å². The molecule has 0 bridgehead atoms. The van der Waals surface area contributed by atoms with Crippen LogP contribution in [0.4, 0.5) is 5.69 Å². The second kappa shape index (κ2) is 8.12. The molecule has 0 atom stereocenters. The van der Waals surface area contributed by atoms with Gasteiger partial charge in [-0.25, -0.2) is 4.98 Å². The van der Waals surface area contributed by atoms with Crippen molar-refractivity contribution in [3.8, 4) is 11.5 Å². The number of carbonyl (C=O) groups excluding carboxylic acids is 1. The zero-order valence-electron chi connectivity index (χ0n) is 18.3. The third-order valence-corrected chi connectivity index (χ3v) is 8.16. The standard InChI is InChI=1S/C23H25N3O4S2/c1-4-26-21(28)19-13(2)14(3)32-20(19)25-22(26)31-12-18(27)24-15-7-8-16-17(11-15)30-23(29-16)9-5-6-10-23/h7-8,11H,4-6,9-10,12H2,1-3H3,(H,24,27). The summed E-state index contributed by atoms with van der Waals surface area (Å²) in [5.41, 5.74) is 1.61. The molecule has 1 spiro atoms. The fourth-order valence-corrected chi connectivity index (χ4v) is 6.25. The molecule has 9 heteroatoms. The molecule has 32 heavy (non-hydrogen) atoms. The molecule has 1 N–H and O–H groups in total. The Labute approximate surface area is 194 Å². The fourth-order valence-electron chi connectivity index (χ4n) is 4.31. The van der Waals surface area contributed by atoms with Crippen LogP contribution in [0.15, 0.2) is 28.2 Å². The number of benzene rings is 1. The number of amides is 1. The first-order valence-electron chi connectivity index (χ1n) is 10.8. The summed E-state index contributed by atoms with van der Waals surface area (Å²) in [4.78, 5) is 32.1. The van der Waals surface area contributed by atoms with Crippen molar-refractivity contribution in [2.45, 2.75) is 63.9 Å². The lowest BCUT2D eigenvalue weighted by molar-refractivity contribution is -0.113. The largest absolute Gasteiger partial charge is 0.448 e. The van der Waals surface area contributed by atoms with E-state index in [0.717, 1.165) is 46.7 Å². The highest BCUT2D eigenvalue weighted by atomic mass is 32.2. The summed E-state index contributed by atoms with van der Waals surface area (Å²) in [5, 5.41) is 4.16. The van der Waals surface area contributed by atoms with Gasteiger partial charge in [-0.1, -0.05) is 11.8 Å². The van der Waals surface area contributed by atoms with Crippen LogP contribution in [-0.2, 0) is 11.3 Å². The van der Waals surface area contributed by atoms with E-state index < -0.39 is 5.79 Å². The molecule has 0 radical (unpaired) electrons. The third kappa shape index (κ3) is 3.67. The number of thiophene rings is 1. The minimum Gasteiger partial charge on any atom is -0.448 e. The van der Waals surface area contributed by atoms with Gasteiger partial charge in [0.25, 0.3) is 11.3 Å². The van der Waals surface area contributed by atoms with Crippen LogP contribution in [0.5, 0.6) is 11.5 Å². The van der Waals surface area contributed by atoms with Gasteiger partial charge >= 0.3 is 0 Å². The summed E-state index contributed by atoms with van der Waals surface area (Å²) in [6.07, 6.45) is 3.98. The van der Waals surface area contributed by atoms with Crippen LogP contribution < -0.4 is 20.3 Å². The van der Waals surface area contributed by atoms with Crippen LogP contribution in [0.25, 0.3) is 10.2 Å². The smallest absolute Gasteiger partial charge is 0.263 e. The number of ether oxygens (including phenoxy) is 2. The lowest BCUT2D eigenvalue weighted by Crippen LogP contribution is -2.34. The number of nitrogens with one attached hydrogen (secondary N) is 1. The van der Waals surface area contributed by atoms with Crippen LogP contribution in [0.2, 0.25) is 0 Å². The summed E-state index contributed by atoms with van der Waals surface area (Å²) in [5.74, 6) is 0.866. The highest BCUT2D eigenvalue weighted by Crippen LogP contribution is 2.47. The summed E-state index contributed by atoms with van der Waals surface area (Å²) >= 11 is 2.79. The normalized spacial score (nSPS) is 16.2. The Morgan fingerprint density at radius 2 is 2.00 bits per heavy atom. The fraction of sp³-hybridized carbons (Fsp3) is 0.435. The number of hydrogen-bond acceptors (Lipinski definition) is 7. The molecular formula is C23H25N3O4S2. The van der Waals surface area contributed by atoms with E-state index in [1.807, 2.05) is 39.0 Å². The number of fused-ring (bicyclic) bond motifs is 2. The molecule has 3 aromatic rings. The van der Waals surface area contributed by atoms with Gasteiger partial charge in [0, 0.05) is 36.0 Å². The van der Waals surface area contributed by atoms with Crippen molar-refractivity contribution >= 4 is 44.9 Å². The molecule has 168 valence electrons. The van der Waals surface area contributed by atoms with Gasteiger partial charge in [0.05, 0.1) is 11.1 Å². The first kappa shape index (κ1) is 21.3. The van der Waals surface area contributed by atoms with Crippen molar-refractivity contribution in [2.24, 2.45) is 0 Å². The van der Waals surface area contributed by atoms with Gasteiger partial charge in [-0.3, -0.25) is 14.2 Å². The Hall–Kier alpha value is -2.52. The maximum atomic E-state index is 13.0. The SMILES string of the molecule is CCn1c(SCC(=O)Nc2ccc3c(c2)OC2(CCCC2)O3)nc2sc(C)c(C)c2c1=O.